The van der Waals surface area contributed by atoms with Crippen LogP contribution in [0.5, 0.6) is 23.0 Å². The first kappa shape index (κ1) is 30.9. The van der Waals surface area contributed by atoms with Crippen LogP contribution in [0.4, 0.5) is 0 Å². The summed E-state index contributed by atoms with van der Waals surface area (Å²) < 4.78 is 27.9. The molecule has 2 aliphatic heterocycles. The van der Waals surface area contributed by atoms with E-state index in [0.29, 0.717) is 0 Å². The molecule has 10 N–H and O–H groups in total. The molecule has 1 aromatic heterocycles. The molecular formula is C27H30O16. The lowest BCUT2D eigenvalue weighted by molar-refractivity contribution is -0.277. The molecule has 2 aliphatic rings. The third-order valence-corrected chi connectivity index (χ3v) is 7.24. The first-order valence-electron chi connectivity index (χ1n) is 13.0. The van der Waals surface area contributed by atoms with Crippen LogP contribution in [0.2, 0.25) is 0 Å². The van der Waals surface area contributed by atoms with E-state index in [-0.39, 0.29) is 28.0 Å². The lowest BCUT2D eigenvalue weighted by atomic mass is 9.99. The van der Waals surface area contributed by atoms with Crippen LogP contribution in [0.25, 0.3) is 22.3 Å². The molecule has 0 bridgehead atoms. The minimum absolute atomic E-state index is 0.00847. The van der Waals surface area contributed by atoms with Crippen molar-refractivity contribution >= 4 is 11.0 Å². The Labute approximate surface area is 241 Å². The van der Waals surface area contributed by atoms with E-state index in [4.69, 9.17) is 23.4 Å². The highest BCUT2D eigenvalue weighted by atomic mass is 16.7. The predicted octanol–water partition coefficient (Wildman–Crippen LogP) is -2.77. The second kappa shape index (κ2) is 12.2. The molecule has 43 heavy (non-hydrogen) atoms. The number of phenols is 2. The van der Waals surface area contributed by atoms with Crippen molar-refractivity contribution in [3.63, 3.8) is 0 Å². The van der Waals surface area contributed by atoms with Crippen molar-refractivity contribution in [1.82, 2.24) is 0 Å². The van der Waals surface area contributed by atoms with E-state index in [1.54, 1.807) is 0 Å². The van der Waals surface area contributed by atoms with Gasteiger partial charge in [0.15, 0.2) is 17.3 Å². The SMILES string of the molecule is O=c1c(O[C@@H]2O[C@H](CO)[C@@H](O)[C@H](O)[C@H]2O)c(-c2ccc(O)c(O)c2)oc2cc(O[C@@H]3O[C@H](CO)[C@@H](O)[C@H](O)[C@H]3O)ccc12. The van der Waals surface area contributed by atoms with E-state index in [1.165, 1.54) is 24.3 Å². The van der Waals surface area contributed by atoms with Crippen LogP contribution in [-0.2, 0) is 9.47 Å². The molecule has 10 atom stereocenters. The van der Waals surface area contributed by atoms with E-state index in [1.807, 2.05) is 0 Å². The van der Waals surface area contributed by atoms with Gasteiger partial charge < -0.3 is 74.4 Å². The third kappa shape index (κ3) is 5.73. The number of aromatic hydroxyl groups is 2. The monoisotopic (exact) mass is 610 g/mol. The maximum atomic E-state index is 13.7. The zero-order valence-corrected chi connectivity index (χ0v) is 22.1. The second-order valence-corrected chi connectivity index (χ2v) is 10.1. The zero-order chi connectivity index (χ0) is 31.2. The Morgan fingerprint density at radius 1 is 0.674 bits per heavy atom. The highest BCUT2D eigenvalue weighted by Crippen LogP contribution is 2.38. The van der Waals surface area contributed by atoms with E-state index in [2.05, 4.69) is 0 Å². The standard InChI is InChI=1S/C27H30O16/c28-7-15-18(33)20(35)22(37)26(41-15)39-10-2-3-11-14(6-10)40-24(9-1-4-12(30)13(31)5-9)25(17(11)32)43-27-23(38)21(36)19(34)16(8-29)42-27/h1-6,15-16,18-23,26-31,33-38H,7-8H2/t15-,16-,18-,19-,20+,21+,22-,23-,26-,27+/m1/s1. The summed E-state index contributed by atoms with van der Waals surface area (Å²) in [5.41, 5.74) is -0.954. The first-order valence-corrected chi connectivity index (χ1v) is 13.0. The Bertz CT molecular complexity index is 1500. The van der Waals surface area contributed by atoms with Crippen molar-refractivity contribution in [3.8, 4) is 34.3 Å². The normalized spacial score (nSPS) is 32.9. The van der Waals surface area contributed by atoms with E-state index in [9.17, 15) is 55.9 Å². The molecule has 234 valence electrons. The maximum Gasteiger partial charge on any atom is 0.235 e. The fourth-order valence-electron chi connectivity index (χ4n) is 4.77. The fourth-order valence-corrected chi connectivity index (χ4v) is 4.77. The zero-order valence-electron chi connectivity index (χ0n) is 22.1. The molecule has 0 unspecified atom stereocenters. The van der Waals surface area contributed by atoms with Crippen LogP contribution >= 0.6 is 0 Å². The molecule has 16 heteroatoms. The highest BCUT2D eigenvalue weighted by molar-refractivity contribution is 5.83. The van der Waals surface area contributed by atoms with Crippen LogP contribution in [-0.4, -0.2) is 126 Å². The smallest absolute Gasteiger partial charge is 0.235 e. The summed E-state index contributed by atoms with van der Waals surface area (Å²) in [7, 11) is 0. The molecule has 0 aliphatic carbocycles. The Balaban J connectivity index is 1.56. The molecule has 16 nitrogen and oxygen atoms in total. The largest absolute Gasteiger partial charge is 0.504 e. The average Bonchev–Trinajstić information content (AvgIpc) is 3.00. The van der Waals surface area contributed by atoms with Crippen LogP contribution in [0.15, 0.2) is 45.6 Å². The van der Waals surface area contributed by atoms with Crippen LogP contribution in [0.1, 0.15) is 0 Å². The molecule has 0 radical (unpaired) electrons. The van der Waals surface area contributed by atoms with Crippen molar-refractivity contribution < 1.29 is 74.4 Å². The number of fused-ring (bicyclic) bond motifs is 1. The average molecular weight is 611 g/mol. The van der Waals surface area contributed by atoms with Gasteiger partial charge in [-0.15, -0.1) is 0 Å². The van der Waals surface area contributed by atoms with Crippen molar-refractivity contribution in [2.75, 3.05) is 13.2 Å². The summed E-state index contributed by atoms with van der Waals surface area (Å²) in [6.07, 6.45) is -16.3. The lowest BCUT2D eigenvalue weighted by Gasteiger charge is -2.39. The molecule has 3 aromatic rings. The number of phenolic OH excluding ortho intramolecular Hbond substituents is 2. The second-order valence-electron chi connectivity index (χ2n) is 10.1. The van der Waals surface area contributed by atoms with Crippen molar-refractivity contribution in [1.29, 1.82) is 0 Å². The van der Waals surface area contributed by atoms with E-state index in [0.717, 1.165) is 12.1 Å². The third-order valence-electron chi connectivity index (χ3n) is 7.24. The summed E-state index contributed by atoms with van der Waals surface area (Å²) in [5, 5.41) is 99.8. The van der Waals surface area contributed by atoms with Crippen LogP contribution in [0, 0.1) is 0 Å². The van der Waals surface area contributed by atoms with Gasteiger partial charge in [-0.25, -0.2) is 0 Å². The quantitative estimate of drug-likeness (QED) is 0.121. The molecule has 0 spiro atoms. The fraction of sp³-hybridized carbons (Fsp3) is 0.444. The van der Waals surface area contributed by atoms with Gasteiger partial charge in [0.25, 0.3) is 0 Å². The van der Waals surface area contributed by atoms with Gasteiger partial charge in [-0.3, -0.25) is 4.79 Å². The lowest BCUT2D eigenvalue weighted by Crippen LogP contribution is -2.60. The summed E-state index contributed by atoms with van der Waals surface area (Å²) >= 11 is 0. The van der Waals surface area contributed by atoms with Gasteiger partial charge in [0, 0.05) is 11.6 Å². The van der Waals surface area contributed by atoms with Crippen molar-refractivity contribution in [2.24, 2.45) is 0 Å². The topological polar surface area (TPSA) is 269 Å². The summed E-state index contributed by atoms with van der Waals surface area (Å²) in [4.78, 5) is 13.7. The van der Waals surface area contributed by atoms with Gasteiger partial charge in [0.05, 0.1) is 18.6 Å². The van der Waals surface area contributed by atoms with Crippen molar-refractivity contribution in [2.45, 2.75) is 61.4 Å². The highest BCUT2D eigenvalue weighted by Gasteiger charge is 2.46. The molecule has 2 fully saturated rings. The van der Waals surface area contributed by atoms with E-state index < -0.39 is 97.3 Å². The number of ether oxygens (including phenoxy) is 4. The number of hydrogen-bond donors (Lipinski definition) is 10. The number of aliphatic hydroxyl groups is 8. The minimum Gasteiger partial charge on any atom is -0.504 e. The van der Waals surface area contributed by atoms with Gasteiger partial charge in [-0.05, 0) is 30.3 Å². The first-order chi connectivity index (χ1) is 20.4. The summed E-state index contributed by atoms with van der Waals surface area (Å²) in [6, 6.07) is 7.18. The number of benzene rings is 2. The number of rotatable bonds is 7. The minimum atomic E-state index is -1.87. The summed E-state index contributed by atoms with van der Waals surface area (Å²) in [6.45, 7) is -1.44. The van der Waals surface area contributed by atoms with E-state index >= 15 is 0 Å². The summed E-state index contributed by atoms with van der Waals surface area (Å²) in [5.74, 6) is -2.02. The predicted molar refractivity (Wildman–Crippen MR) is 140 cm³/mol. The Kier molecular flexibility index (Phi) is 8.77. The molecule has 2 saturated heterocycles. The van der Waals surface area contributed by atoms with Gasteiger partial charge in [-0.2, -0.15) is 0 Å². The van der Waals surface area contributed by atoms with Gasteiger partial charge >= 0.3 is 0 Å². The number of hydrogen-bond acceptors (Lipinski definition) is 16. The van der Waals surface area contributed by atoms with Gasteiger partial charge in [0.1, 0.15) is 60.2 Å². The molecule has 3 heterocycles. The molecule has 2 aromatic carbocycles. The van der Waals surface area contributed by atoms with Gasteiger partial charge in [0.2, 0.25) is 23.8 Å². The number of aliphatic hydroxyl groups excluding tert-OH is 8. The Morgan fingerprint density at radius 3 is 1.81 bits per heavy atom. The maximum absolute atomic E-state index is 13.7. The van der Waals surface area contributed by atoms with Crippen LogP contribution < -0.4 is 14.9 Å². The van der Waals surface area contributed by atoms with Gasteiger partial charge in [-0.1, -0.05) is 0 Å². The Morgan fingerprint density at radius 2 is 1.26 bits per heavy atom. The molecule has 0 amide bonds. The van der Waals surface area contributed by atoms with Crippen molar-refractivity contribution in [3.05, 3.63) is 46.6 Å². The molecular weight excluding hydrogens is 580 g/mol. The molecule has 5 rings (SSSR count). The Hall–Kier alpha value is -3.55. The molecule has 0 saturated carbocycles. The van der Waals surface area contributed by atoms with Crippen LogP contribution in [0.3, 0.4) is 0 Å².